The van der Waals surface area contributed by atoms with E-state index in [1.54, 1.807) is 30.0 Å². The molecule has 2 aromatic carbocycles. The molecule has 2 aromatic rings. The lowest BCUT2D eigenvalue weighted by atomic mass is 10.0. The predicted molar refractivity (Wildman–Crippen MR) is 82.6 cm³/mol. The third-order valence-corrected chi connectivity index (χ3v) is 4.35. The van der Waals surface area contributed by atoms with Crippen LogP contribution < -0.4 is 0 Å². The van der Waals surface area contributed by atoms with E-state index in [-0.39, 0.29) is 11.5 Å². The molecular weight excluding hydrogens is 286 g/mol. The molecule has 21 heavy (non-hydrogen) atoms. The van der Waals surface area contributed by atoms with E-state index in [0.717, 1.165) is 4.90 Å². The maximum atomic E-state index is 12.4. The zero-order valence-electron chi connectivity index (χ0n) is 11.0. The molecule has 0 atom stereocenters. The van der Waals surface area contributed by atoms with Gasteiger partial charge in [-0.05, 0) is 23.8 Å². The first-order chi connectivity index (χ1) is 10.1. The number of nitro benzene ring substituents is 1. The van der Waals surface area contributed by atoms with Gasteiger partial charge in [-0.2, -0.15) is 0 Å². The Bertz CT molecular complexity index is 768. The van der Waals surface area contributed by atoms with Crippen molar-refractivity contribution in [2.75, 3.05) is 5.75 Å². The molecule has 104 valence electrons. The summed E-state index contributed by atoms with van der Waals surface area (Å²) in [6.45, 7) is 0. The quantitative estimate of drug-likeness (QED) is 0.478. The molecular formula is C16H11NO3S. The van der Waals surface area contributed by atoms with Crippen molar-refractivity contribution in [2.24, 2.45) is 0 Å². The maximum absolute atomic E-state index is 12.4. The van der Waals surface area contributed by atoms with Crippen LogP contribution >= 0.6 is 11.8 Å². The first kappa shape index (κ1) is 13.6. The molecule has 0 amide bonds. The van der Waals surface area contributed by atoms with Gasteiger partial charge in [-0.3, -0.25) is 14.9 Å². The number of benzene rings is 2. The van der Waals surface area contributed by atoms with Gasteiger partial charge in [0.2, 0.25) is 0 Å². The Morgan fingerprint density at radius 2 is 1.95 bits per heavy atom. The van der Waals surface area contributed by atoms with Crippen molar-refractivity contribution in [3.8, 4) is 0 Å². The molecule has 0 radical (unpaired) electrons. The fourth-order valence-electron chi connectivity index (χ4n) is 2.21. The number of fused-ring (bicyclic) bond motifs is 1. The minimum atomic E-state index is -0.436. The number of Topliss-reactive ketones (excluding diaryl/α,β-unsaturated/α-hetero) is 1. The summed E-state index contributed by atoms with van der Waals surface area (Å²) in [5.74, 6) is 0.578. The summed E-state index contributed by atoms with van der Waals surface area (Å²) >= 11 is 1.61. The first-order valence-corrected chi connectivity index (χ1v) is 7.35. The standard InChI is InChI=1S/C16H11NO3S/c18-16-12(10-21-15-7-2-1-6-14(15)16)8-11-4-3-5-13(9-11)17(19)20/h1-9H,10H2/b12-8+. The average molecular weight is 297 g/mol. The second-order valence-corrected chi connectivity index (χ2v) is 5.65. The number of thioether (sulfide) groups is 1. The molecule has 0 bridgehead atoms. The van der Waals surface area contributed by atoms with E-state index in [1.807, 2.05) is 24.3 Å². The Labute approximate surface area is 125 Å². The highest BCUT2D eigenvalue weighted by Gasteiger charge is 2.21. The van der Waals surface area contributed by atoms with Crippen molar-refractivity contribution < 1.29 is 9.72 Å². The molecule has 0 aromatic heterocycles. The van der Waals surface area contributed by atoms with Crippen LogP contribution in [-0.2, 0) is 0 Å². The summed E-state index contributed by atoms with van der Waals surface area (Å²) in [6, 6.07) is 13.8. The highest BCUT2D eigenvalue weighted by Crippen LogP contribution is 2.33. The lowest BCUT2D eigenvalue weighted by Gasteiger charge is -2.16. The number of nitro groups is 1. The van der Waals surface area contributed by atoms with E-state index >= 15 is 0 Å². The molecule has 1 aliphatic heterocycles. The van der Waals surface area contributed by atoms with Gasteiger partial charge in [0.1, 0.15) is 0 Å². The molecule has 0 fully saturated rings. The van der Waals surface area contributed by atoms with Crippen molar-refractivity contribution in [2.45, 2.75) is 4.90 Å². The van der Waals surface area contributed by atoms with Crippen molar-refractivity contribution >= 4 is 29.3 Å². The molecule has 1 aliphatic rings. The van der Waals surface area contributed by atoms with Crippen molar-refractivity contribution in [1.29, 1.82) is 0 Å². The summed E-state index contributed by atoms with van der Waals surface area (Å²) in [5.41, 5.74) is 2.07. The molecule has 4 nitrogen and oxygen atoms in total. The van der Waals surface area contributed by atoms with Gasteiger partial charge in [0, 0.05) is 33.9 Å². The zero-order chi connectivity index (χ0) is 14.8. The zero-order valence-corrected chi connectivity index (χ0v) is 11.8. The number of non-ortho nitro benzene ring substituents is 1. The minimum Gasteiger partial charge on any atom is -0.289 e. The minimum absolute atomic E-state index is 0.00384. The molecule has 0 aliphatic carbocycles. The Kier molecular flexibility index (Phi) is 3.58. The number of nitrogens with zero attached hydrogens (tertiary/aromatic N) is 1. The maximum Gasteiger partial charge on any atom is 0.270 e. The number of hydrogen-bond donors (Lipinski definition) is 0. The topological polar surface area (TPSA) is 60.2 Å². The Morgan fingerprint density at radius 3 is 2.76 bits per heavy atom. The molecule has 0 saturated carbocycles. The van der Waals surface area contributed by atoms with Crippen LogP contribution in [0.1, 0.15) is 15.9 Å². The van der Waals surface area contributed by atoms with Gasteiger partial charge in [0.25, 0.3) is 5.69 Å². The fourth-order valence-corrected chi connectivity index (χ4v) is 3.23. The number of carbonyl (C=O) groups excluding carboxylic acids is 1. The number of ketones is 1. The van der Waals surface area contributed by atoms with Crippen LogP contribution in [-0.4, -0.2) is 16.5 Å². The molecule has 0 saturated heterocycles. The summed E-state index contributed by atoms with van der Waals surface area (Å²) < 4.78 is 0. The molecule has 0 unspecified atom stereocenters. The lowest BCUT2D eigenvalue weighted by Crippen LogP contribution is -2.12. The van der Waals surface area contributed by atoms with Gasteiger partial charge in [-0.1, -0.05) is 24.3 Å². The molecule has 0 N–H and O–H groups in total. The van der Waals surface area contributed by atoms with Gasteiger partial charge in [0.15, 0.2) is 5.78 Å². The van der Waals surface area contributed by atoms with Crippen LogP contribution in [0.15, 0.2) is 59.0 Å². The third kappa shape index (κ3) is 2.73. The molecule has 1 heterocycles. The third-order valence-electron chi connectivity index (χ3n) is 3.23. The van der Waals surface area contributed by atoms with Crippen molar-refractivity contribution in [3.05, 3.63) is 75.3 Å². The van der Waals surface area contributed by atoms with Crippen LogP contribution in [0.4, 0.5) is 5.69 Å². The molecule has 3 rings (SSSR count). The van der Waals surface area contributed by atoms with E-state index in [0.29, 0.717) is 22.5 Å². The fraction of sp³-hybridized carbons (Fsp3) is 0.0625. The van der Waals surface area contributed by atoms with Crippen LogP contribution in [0.25, 0.3) is 6.08 Å². The second kappa shape index (κ2) is 5.54. The van der Waals surface area contributed by atoms with Gasteiger partial charge >= 0.3 is 0 Å². The highest BCUT2D eigenvalue weighted by molar-refractivity contribution is 7.99. The number of hydrogen-bond acceptors (Lipinski definition) is 4. The average Bonchev–Trinajstić information content (AvgIpc) is 2.51. The summed E-state index contributed by atoms with van der Waals surface area (Å²) in [5, 5.41) is 10.8. The summed E-state index contributed by atoms with van der Waals surface area (Å²) in [4.78, 5) is 23.8. The van der Waals surface area contributed by atoms with Gasteiger partial charge < -0.3 is 0 Å². The van der Waals surface area contributed by atoms with Crippen LogP contribution in [0.2, 0.25) is 0 Å². The molecule has 0 spiro atoms. The SMILES string of the molecule is O=C1/C(=C/c2cccc([N+](=O)[O-])c2)CSc2ccccc21. The van der Waals surface area contributed by atoms with E-state index in [9.17, 15) is 14.9 Å². The van der Waals surface area contributed by atoms with Crippen LogP contribution in [0.5, 0.6) is 0 Å². The monoisotopic (exact) mass is 297 g/mol. The summed E-state index contributed by atoms with van der Waals surface area (Å²) in [6.07, 6.45) is 1.73. The Morgan fingerprint density at radius 1 is 1.14 bits per heavy atom. The van der Waals surface area contributed by atoms with E-state index < -0.39 is 4.92 Å². The predicted octanol–water partition coefficient (Wildman–Crippen LogP) is 3.97. The smallest absolute Gasteiger partial charge is 0.270 e. The largest absolute Gasteiger partial charge is 0.289 e. The summed E-state index contributed by atoms with van der Waals surface area (Å²) in [7, 11) is 0. The highest BCUT2D eigenvalue weighted by atomic mass is 32.2. The van der Waals surface area contributed by atoms with E-state index in [1.165, 1.54) is 12.1 Å². The second-order valence-electron chi connectivity index (χ2n) is 4.64. The van der Waals surface area contributed by atoms with Crippen molar-refractivity contribution in [1.82, 2.24) is 0 Å². The lowest BCUT2D eigenvalue weighted by molar-refractivity contribution is -0.384. The van der Waals surface area contributed by atoms with Gasteiger partial charge in [0.05, 0.1) is 4.92 Å². The van der Waals surface area contributed by atoms with Crippen LogP contribution in [0, 0.1) is 10.1 Å². The Hall–Kier alpha value is -2.40. The normalized spacial score (nSPS) is 15.8. The number of rotatable bonds is 2. The van der Waals surface area contributed by atoms with Crippen LogP contribution in [0.3, 0.4) is 0 Å². The van der Waals surface area contributed by atoms with Crippen molar-refractivity contribution in [3.63, 3.8) is 0 Å². The molecule has 5 heteroatoms. The van der Waals surface area contributed by atoms with Gasteiger partial charge in [-0.15, -0.1) is 11.8 Å². The first-order valence-electron chi connectivity index (χ1n) is 6.37. The Balaban J connectivity index is 1.97. The van der Waals surface area contributed by atoms with Gasteiger partial charge in [-0.25, -0.2) is 0 Å². The van der Waals surface area contributed by atoms with E-state index in [2.05, 4.69) is 0 Å². The van der Waals surface area contributed by atoms with E-state index in [4.69, 9.17) is 0 Å². The number of carbonyl (C=O) groups is 1.